The van der Waals surface area contributed by atoms with Crippen LogP contribution in [0.4, 0.5) is 0 Å². The van der Waals surface area contributed by atoms with Gasteiger partial charge in [-0.05, 0) is 12.2 Å². The van der Waals surface area contributed by atoms with Gasteiger partial charge in [0.25, 0.3) is 0 Å². The van der Waals surface area contributed by atoms with E-state index < -0.39 is 0 Å². The van der Waals surface area contributed by atoms with Crippen molar-refractivity contribution in [1.82, 2.24) is 10.7 Å². The average Bonchev–Trinajstić information content (AvgIpc) is 2.31. The summed E-state index contributed by atoms with van der Waals surface area (Å²) in [7, 11) is 0. The van der Waals surface area contributed by atoms with Gasteiger partial charge in [0.1, 0.15) is 0 Å². The lowest BCUT2D eigenvalue weighted by molar-refractivity contribution is 0.166. The Hall–Kier alpha value is -0.390. The summed E-state index contributed by atoms with van der Waals surface area (Å²) in [4.78, 5) is 0. The highest BCUT2D eigenvalue weighted by Gasteiger charge is 2.35. The van der Waals surface area contributed by atoms with Gasteiger partial charge in [-0.3, -0.25) is 0 Å². The minimum absolute atomic E-state index is 0.126. The van der Waals surface area contributed by atoms with E-state index in [2.05, 4.69) is 24.6 Å². The zero-order chi connectivity index (χ0) is 9.19. The molecule has 1 unspecified atom stereocenters. The highest BCUT2D eigenvalue weighted by atomic mass is 32.1. The number of ether oxygens (including phenoxy) is 1. The minimum atomic E-state index is 0.126. The maximum absolute atomic E-state index is 5.33. The second kappa shape index (κ2) is 3.55. The number of hydrogen-bond acceptors (Lipinski definition) is 3. The molecule has 70 valence electrons. The largest absolute Gasteiger partial charge is 0.379 e. The summed E-state index contributed by atoms with van der Waals surface area (Å²) < 4.78 is 5.33. The van der Waals surface area contributed by atoms with E-state index in [0.717, 1.165) is 6.61 Å². The quantitative estimate of drug-likeness (QED) is 0.302. The van der Waals surface area contributed by atoms with E-state index in [0.29, 0.717) is 11.7 Å². The summed E-state index contributed by atoms with van der Waals surface area (Å²) in [6.07, 6.45) is 0. The van der Waals surface area contributed by atoms with Crippen molar-refractivity contribution in [2.75, 3.05) is 13.2 Å². The lowest BCUT2D eigenvalue weighted by Gasteiger charge is -2.26. The van der Waals surface area contributed by atoms with Crippen LogP contribution in [0.5, 0.6) is 0 Å². The maximum Gasteiger partial charge on any atom is 0.180 e. The zero-order valence-electron chi connectivity index (χ0n) is 7.39. The van der Waals surface area contributed by atoms with Crippen molar-refractivity contribution >= 4 is 17.3 Å². The van der Waals surface area contributed by atoms with Crippen LogP contribution in [-0.4, -0.2) is 24.4 Å². The summed E-state index contributed by atoms with van der Waals surface area (Å²) >= 11 is 4.89. The fourth-order valence-corrected chi connectivity index (χ4v) is 1.35. The van der Waals surface area contributed by atoms with Crippen LogP contribution >= 0.6 is 12.2 Å². The first kappa shape index (κ1) is 9.70. The predicted octanol–water partition coefficient (Wildman–Crippen LogP) is -0.251. The summed E-state index contributed by atoms with van der Waals surface area (Å²) in [6.45, 7) is 5.72. The van der Waals surface area contributed by atoms with Crippen molar-refractivity contribution in [1.29, 1.82) is 0 Å². The smallest absolute Gasteiger partial charge is 0.180 e. The van der Waals surface area contributed by atoms with E-state index in [9.17, 15) is 0 Å². The van der Waals surface area contributed by atoms with Crippen molar-refractivity contribution in [3.63, 3.8) is 0 Å². The van der Waals surface area contributed by atoms with Crippen LogP contribution in [0.2, 0.25) is 0 Å². The zero-order valence-corrected chi connectivity index (χ0v) is 8.20. The van der Waals surface area contributed by atoms with E-state index in [-0.39, 0.29) is 11.5 Å². The number of hydrazine groups is 1. The van der Waals surface area contributed by atoms with Gasteiger partial charge in [0.05, 0.1) is 19.3 Å². The molecule has 0 saturated carbocycles. The van der Waals surface area contributed by atoms with Gasteiger partial charge in [0.2, 0.25) is 0 Å². The Labute approximate surface area is 77.8 Å². The molecule has 1 aliphatic rings. The molecule has 0 aromatic carbocycles. The normalized spacial score (nSPS) is 26.8. The van der Waals surface area contributed by atoms with E-state index in [1.165, 1.54) is 0 Å². The number of nitrogens with two attached hydrogens (primary N) is 1. The molecule has 0 aliphatic carbocycles. The molecule has 4 nitrogen and oxygen atoms in total. The van der Waals surface area contributed by atoms with Gasteiger partial charge < -0.3 is 15.5 Å². The lowest BCUT2D eigenvalue weighted by Crippen LogP contribution is -2.50. The Balaban J connectivity index is 2.47. The molecule has 1 fully saturated rings. The molecule has 1 saturated heterocycles. The first-order chi connectivity index (χ1) is 5.56. The summed E-state index contributed by atoms with van der Waals surface area (Å²) in [5.41, 5.74) is 2.52. The van der Waals surface area contributed by atoms with Gasteiger partial charge in [0, 0.05) is 5.41 Å². The Morgan fingerprint density at radius 3 is 2.75 bits per heavy atom. The third-order valence-electron chi connectivity index (χ3n) is 2.14. The summed E-state index contributed by atoms with van der Waals surface area (Å²) in [5.74, 6) is 5.14. The molecular formula is C7H15N3OS. The fourth-order valence-electron chi connectivity index (χ4n) is 1.20. The third kappa shape index (κ3) is 2.06. The van der Waals surface area contributed by atoms with Crippen LogP contribution in [0.3, 0.4) is 0 Å². The fraction of sp³-hybridized carbons (Fsp3) is 0.857. The van der Waals surface area contributed by atoms with Gasteiger partial charge >= 0.3 is 0 Å². The van der Waals surface area contributed by atoms with Crippen molar-refractivity contribution < 1.29 is 4.74 Å². The van der Waals surface area contributed by atoms with Crippen LogP contribution in [0.25, 0.3) is 0 Å². The van der Waals surface area contributed by atoms with Gasteiger partial charge in [-0.2, -0.15) is 0 Å². The molecule has 0 bridgehead atoms. The van der Waals surface area contributed by atoms with Crippen molar-refractivity contribution in [2.24, 2.45) is 11.3 Å². The molecule has 0 aromatic rings. The van der Waals surface area contributed by atoms with Crippen molar-refractivity contribution in [3.8, 4) is 0 Å². The second-order valence-electron chi connectivity index (χ2n) is 3.67. The SMILES string of the molecule is CC1(C)COCC1NC(=S)NN. The maximum atomic E-state index is 5.33. The highest BCUT2D eigenvalue weighted by molar-refractivity contribution is 7.80. The van der Waals surface area contributed by atoms with Crippen LogP contribution < -0.4 is 16.6 Å². The molecule has 4 N–H and O–H groups in total. The minimum Gasteiger partial charge on any atom is -0.379 e. The van der Waals surface area contributed by atoms with Gasteiger partial charge in [-0.25, -0.2) is 5.84 Å². The molecule has 0 spiro atoms. The molecule has 0 radical (unpaired) electrons. The molecule has 1 rings (SSSR count). The standard InChI is InChI=1S/C7H15N3OS/c1-7(2)4-11-3-5(7)9-6(12)10-8/h5H,3-4,8H2,1-2H3,(H2,9,10,12). The van der Waals surface area contributed by atoms with Crippen LogP contribution in [-0.2, 0) is 4.74 Å². The molecule has 5 heteroatoms. The Morgan fingerprint density at radius 1 is 1.67 bits per heavy atom. The Kier molecular flexibility index (Phi) is 2.87. The predicted molar refractivity (Wildman–Crippen MR) is 51.4 cm³/mol. The van der Waals surface area contributed by atoms with E-state index in [1.807, 2.05) is 0 Å². The van der Waals surface area contributed by atoms with Crippen molar-refractivity contribution in [2.45, 2.75) is 19.9 Å². The van der Waals surface area contributed by atoms with Crippen LogP contribution in [0, 0.1) is 5.41 Å². The van der Waals surface area contributed by atoms with E-state index in [1.54, 1.807) is 0 Å². The number of nitrogens with one attached hydrogen (secondary N) is 2. The number of rotatable bonds is 1. The molecule has 12 heavy (non-hydrogen) atoms. The average molecular weight is 189 g/mol. The molecular weight excluding hydrogens is 174 g/mol. The van der Waals surface area contributed by atoms with E-state index >= 15 is 0 Å². The van der Waals surface area contributed by atoms with Gasteiger partial charge in [0.15, 0.2) is 5.11 Å². The monoisotopic (exact) mass is 189 g/mol. The first-order valence-electron chi connectivity index (χ1n) is 3.91. The molecule has 1 aliphatic heterocycles. The Bertz CT molecular complexity index is 183. The summed E-state index contributed by atoms with van der Waals surface area (Å²) in [5, 5.41) is 3.56. The molecule has 0 amide bonds. The molecule has 0 aromatic heterocycles. The number of hydrogen-bond donors (Lipinski definition) is 3. The highest BCUT2D eigenvalue weighted by Crippen LogP contribution is 2.26. The van der Waals surface area contributed by atoms with Crippen LogP contribution in [0.1, 0.15) is 13.8 Å². The molecule has 1 atom stereocenters. The van der Waals surface area contributed by atoms with E-state index in [4.69, 9.17) is 22.8 Å². The van der Waals surface area contributed by atoms with Gasteiger partial charge in [-0.1, -0.05) is 13.8 Å². The van der Waals surface area contributed by atoms with Gasteiger partial charge in [-0.15, -0.1) is 0 Å². The first-order valence-corrected chi connectivity index (χ1v) is 4.32. The third-order valence-corrected chi connectivity index (χ3v) is 2.37. The topological polar surface area (TPSA) is 59.3 Å². The molecule has 1 heterocycles. The lowest BCUT2D eigenvalue weighted by atomic mass is 9.88. The van der Waals surface area contributed by atoms with Crippen molar-refractivity contribution in [3.05, 3.63) is 0 Å². The second-order valence-corrected chi connectivity index (χ2v) is 4.08. The summed E-state index contributed by atoms with van der Waals surface area (Å²) in [6, 6.07) is 0.251. The number of thiocarbonyl (C=S) groups is 1. The Morgan fingerprint density at radius 2 is 2.33 bits per heavy atom. The van der Waals surface area contributed by atoms with Crippen LogP contribution in [0.15, 0.2) is 0 Å².